The molecule has 0 aliphatic carbocycles. The number of hydrogen-bond donors (Lipinski definition) is 1. The molecular weight excluding hydrogens is 342 g/mol. The lowest BCUT2D eigenvalue weighted by molar-refractivity contribution is 0.138. The predicted octanol–water partition coefficient (Wildman–Crippen LogP) is 4.54. The highest BCUT2D eigenvalue weighted by atomic mass is 28.3. The van der Waals surface area contributed by atoms with Crippen LogP contribution >= 0.6 is 0 Å². The normalized spacial score (nSPS) is 11.7. The maximum absolute atomic E-state index is 12.2. The van der Waals surface area contributed by atoms with Gasteiger partial charge in [-0.25, -0.2) is 4.79 Å². The number of ether oxygens (including phenoxy) is 2. The van der Waals surface area contributed by atoms with Crippen molar-refractivity contribution in [3.63, 3.8) is 0 Å². The molecule has 0 saturated carbocycles. The Bertz CT molecular complexity index is 771. The zero-order chi connectivity index (χ0) is 19.0. The lowest BCUT2D eigenvalue weighted by atomic mass is 10.1. The van der Waals surface area contributed by atoms with Crippen LogP contribution in [-0.4, -0.2) is 21.3 Å². The highest BCUT2D eigenvalue weighted by Gasteiger charge is 2.15. The van der Waals surface area contributed by atoms with E-state index in [-0.39, 0.29) is 6.61 Å². The quantitative estimate of drug-likeness (QED) is 0.623. The highest BCUT2D eigenvalue weighted by molar-refractivity contribution is 6.83. The van der Waals surface area contributed by atoms with Crippen molar-refractivity contribution in [2.75, 3.05) is 7.11 Å². The number of carbonyl (C=O) groups is 1. The van der Waals surface area contributed by atoms with Gasteiger partial charge in [0.05, 0.1) is 7.11 Å². The first-order chi connectivity index (χ1) is 12.4. The number of benzene rings is 2. The van der Waals surface area contributed by atoms with Crippen molar-refractivity contribution in [3.05, 3.63) is 65.7 Å². The van der Waals surface area contributed by atoms with Gasteiger partial charge in [-0.15, -0.1) is 5.54 Å². The van der Waals surface area contributed by atoms with Crippen molar-refractivity contribution in [3.8, 4) is 17.2 Å². The topological polar surface area (TPSA) is 47.6 Å². The number of methoxy groups -OCH3 is 1. The van der Waals surface area contributed by atoms with E-state index in [2.05, 4.69) is 36.4 Å². The minimum atomic E-state index is -1.57. The molecular formula is C21H25NO3Si. The van der Waals surface area contributed by atoms with Gasteiger partial charge in [-0.05, 0) is 23.3 Å². The number of hydrogen-bond acceptors (Lipinski definition) is 3. The first-order valence-corrected chi connectivity index (χ1v) is 12.0. The van der Waals surface area contributed by atoms with Gasteiger partial charge in [0.2, 0.25) is 0 Å². The minimum absolute atomic E-state index is 0.226. The molecule has 2 aromatic rings. The second kappa shape index (κ2) is 9.11. The Morgan fingerprint density at radius 2 is 1.73 bits per heavy atom. The van der Waals surface area contributed by atoms with E-state index in [4.69, 9.17) is 9.47 Å². The van der Waals surface area contributed by atoms with Gasteiger partial charge >= 0.3 is 6.09 Å². The molecule has 26 heavy (non-hydrogen) atoms. The SMILES string of the molecule is COc1ccc(C(C#C[Si](C)(C)C)NC(=O)OCc2ccccc2)cc1. The second-order valence-electron chi connectivity index (χ2n) is 6.93. The zero-order valence-electron chi connectivity index (χ0n) is 15.7. The smallest absolute Gasteiger partial charge is 0.408 e. The fourth-order valence-electron chi connectivity index (χ4n) is 2.17. The van der Waals surface area contributed by atoms with Crippen LogP contribution in [0, 0.1) is 11.5 Å². The van der Waals surface area contributed by atoms with Gasteiger partial charge in [0.15, 0.2) is 0 Å². The molecule has 5 heteroatoms. The van der Waals surface area contributed by atoms with Crippen LogP contribution < -0.4 is 10.1 Å². The number of carbonyl (C=O) groups excluding carboxylic acids is 1. The summed E-state index contributed by atoms with van der Waals surface area (Å²) in [6, 6.07) is 16.7. The number of rotatable bonds is 5. The Hall–Kier alpha value is -2.71. The molecule has 2 aromatic carbocycles. The Labute approximate surface area is 156 Å². The molecule has 0 bridgehead atoms. The van der Waals surface area contributed by atoms with Gasteiger partial charge in [0.1, 0.15) is 26.5 Å². The van der Waals surface area contributed by atoms with Crippen LogP contribution in [0.2, 0.25) is 19.6 Å². The lowest BCUT2D eigenvalue weighted by Gasteiger charge is -2.15. The summed E-state index contributed by atoms with van der Waals surface area (Å²) in [5.41, 5.74) is 5.15. The predicted molar refractivity (Wildman–Crippen MR) is 107 cm³/mol. The molecule has 1 unspecified atom stereocenters. The molecule has 1 N–H and O–H groups in total. The fraction of sp³-hybridized carbons (Fsp3) is 0.286. The molecule has 0 aliphatic rings. The van der Waals surface area contributed by atoms with Crippen LogP contribution in [0.15, 0.2) is 54.6 Å². The molecule has 136 valence electrons. The molecule has 0 radical (unpaired) electrons. The Morgan fingerprint density at radius 1 is 1.08 bits per heavy atom. The van der Waals surface area contributed by atoms with Crippen molar-refractivity contribution in [2.45, 2.75) is 32.3 Å². The van der Waals surface area contributed by atoms with Gasteiger partial charge in [-0.1, -0.05) is 68.0 Å². The van der Waals surface area contributed by atoms with Crippen molar-refractivity contribution in [1.29, 1.82) is 0 Å². The summed E-state index contributed by atoms with van der Waals surface area (Å²) < 4.78 is 10.5. The highest BCUT2D eigenvalue weighted by Crippen LogP contribution is 2.18. The van der Waals surface area contributed by atoms with Crippen molar-refractivity contribution in [2.24, 2.45) is 0 Å². The van der Waals surface area contributed by atoms with Crippen LogP contribution in [0.3, 0.4) is 0 Å². The zero-order valence-corrected chi connectivity index (χ0v) is 16.7. The number of amides is 1. The average molecular weight is 368 g/mol. The summed E-state index contributed by atoms with van der Waals surface area (Å²) in [6.45, 7) is 6.72. The van der Waals surface area contributed by atoms with Crippen LogP contribution in [0.1, 0.15) is 17.2 Å². The van der Waals surface area contributed by atoms with E-state index in [0.717, 1.165) is 16.9 Å². The summed E-state index contributed by atoms with van der Waals surface area (Å²) in [4.78, 5) is 12.2. The standard InChI is InChI=1S/C21H25NO3Si/c1-24-19-12-10-18(11-13-19)20(14-15-26(2,3)4)22-21(23)25-16-17-8-6-5-7-9-17/h5-13,20H,16H2,1-4H3,(H,22,23). The monoisotopic (exact) mass is 367 g/mol. The Kier molecular flexibility index (Phi) is 6.87. The van der Waals surface area contributed by atoms with E-state index >= 15 is 0 Å². The van der Waals surface area contributed by atoms with Crippen molar-refractivity contribution >= 4 is 14.2 Å². The summed E-state index contributed by atoms with van der Waals surface area (Å²) in [6.07, 6.45) is -0.487. The molecule has 4 nitrogen and oxygen atoms in total. The largest absolute Gasteiger partial charge is 0.497 e. The molecule has 0 saturated heterocycles. The molecule has 0 fully saturated rings. The van der Waals surface area contributed by atoms with E-state index in [1.54, 1.807) is 7.11 Å². The molecule has 0 aromatic heterocycles. The number of alkyl carbamates (subject to hydrolysis) is 1. The Morgan fingerprint density at radius 3 is 2.31 bits per heavy atom. The maximum atomic E-state index is 12.2. The molecule has 0 aliphatic heterocycles. The van der Waals surface area contributed by atoms with Crippen LogP contribution in [-0.2, 0) is 11.3 Å². The summed E-state index contributed by atoms with van der Waals surface area (Å²) in [5, 5.41) is 2.86. The summed E-state index contributed by atoms with van der Waals surface area (Å²) in [5.74, 6) is 3.96. The molecule has 0 heterocycles. The van der Waals surface area contributed by atoms with Gasteiger partial charge in [-0.2, -0.15) is 0 Å². The minimum Gasteiger partial charge on any atom is -0.497 e. The third-order valence-corrected chi connectivity index (χ3v) is 4.41. The maximum Gasteiger partial charge on any atom is 0.408 e. The van der Waals surface area contributed by atoms with Crippen LogP contribution in [0.25, 0.3) is 0 Å². The Balaban J connectivity index is 2.09. The van der Waals surface area contributed by atoms with Gasteiger partial charge < -0.3 is 14.8 Å². The van der Waals surface area contributed by atoms with E-state index < -0.39 is 20.2 Å². The van der Waals surface area contributed by atoms with Gasteiger partial charge in [0, 0.05) is 0 Å². The number of nitrogens with one attached hydrogen (secondary N) is 1. The van der Waals surface area contributed by atoms with Crippen LogP contribution in [0.5, 0.6) is 5.75 Å². The first-order valence-electron chi connectivity index (χ1n) is 8.51. The van der Waals surface area contributed by atoms with Gasteiger partial charge in [-0.3, -0.25) is 0 Å². The summed E-state index contributed by atoms with van der Waals surface area (Å²) in [7, 11) is 0.0510. The fourth-order valence-corrected chi connectivity index (χ4v) is 2.75. The van der Waals surface area contributed by atoms with E-state index in [1.807, 2.05) is 54.6 Å². The molecule has 2 rings (SSSR count). The van der Waals surface area contributed by atoms with E-state index in [9.17, 15) is 4.79 Å². The third kappa shape index (κ3) is 6.65. The third-order valence-electron chi connectivity index (χ3n) is 3.52. The van der Waals surface area contributed by atoms with Crippen molar-refractivity contribution in [1.82, 2.24) is 5.32 Å². The summed E-state index contributed by atoms with van der Waals surface area (Å²) >= 11 is 0. The first kappa shape index (κ1) is 19.6. The second-order valence-corrected chi connectivity index (χ2v) is 11.7. The van der Waals surface area contributed by atoms with E-state index in [0.29, 0.717) is 0 Å². The lowest BCUT2D eigenvalue weighted by Crippen LogP contribution is -2.29. The van der Waals surface area contributed by atoms with E-state index in [1.165, 1.54) is 0 Å². The van der Waals surface area contributed by atoms with Gasteiger partial charge in [0.25, 0.3) is 0 Å². The van der Waals surface area contributed by atoms with Crippen molar-refractivity contribution < 1.29 is 14.3 Å². The molecule has 0 spiro atoms. The average Bonchev–Trinajstić information content (AvgIpc) is 2.63. The molecule has 1 atom stereocenters. The molecule has 1 amide bonds. The van der Waals surface area contributed by atoms with Crippen LogP contribution in [0.4, 0.5) is 4.79 Å².